The molecule has 0 amide bonds. The van der Waals surface area contributed by atoms with Crippen LogP contribution in [0.2, 0.25) is 0 Å². The first kappa shape index (κ1) is 17.4. The number of hydrogen-bond donors (Lipinski definition) is 1. The van der Waals surface area contributed by atoms with Crippen molar-refractivity contribution in [2.45, 2.75) is 39.2 Å². The number of pyridine rings is 1. The minimum atomic E-state index is 0.528. The lowest BCUT2D eigenvalue weighted by Crippen LogP contribution is -2.23. The van der Waals surface area contributed by atoms with E-state index in [1.54, 1.807) is 18.3 Å². The van der Waals surface area contributed by atoms with Crippen LogP contribution in [0.1, 0.15) is 43.5 Å². The van der Waals surface area contributed by atoms with Crippen molar-refractivity contribution in [1.82, 2.24) is 20.0 Å². The molecule has 1 atom stereocenters. The van der Waals surface area contributed by atoms with Gasteiger partial charge in [-0.05, 0) is 37.4 Å². The van der Waals surface area contributed by atoms with E-state index in [1.807, 2.05) is 0 Å². The minimum Gasteiger partial charge on any atom is -0.369 e. The average Bonchev–Trinajstić information content (AvgIpc) is 3.28. The zero-order valence-corrected chi connectivity index (χ0v) is 14.6. The van der Waals surface area contributed by atoms with Gasteiger partial charge in [-0.2, -0.15) is 10.2 Å². The number of anilines is 1. The number of hydrogen-bond acceptors (Lipinski definition) is 7. The molecular formula is C18H24N6O. The van der Waals surface area contributed by atoms with E-state index in [4.69, 9.17) is 9.78 Å². The van der Waals surface area contributed by atoms with Crippen LogP contribution in [-0.4, -0.2) is 39.7 Å². The monoisotopic (exact) mass is 340 g/mol. The zero-order valence-electron chi connectivity index (χ0n) is 14.6. The third-order valence-electron chi connectivity index (χ3n) is 4.48. The second-order valence-corrected chi connectivity index (χ2v) is 6.49. The normalized spacial score (nSPS) is 17.5. The number of aryl methyl sites for hydroxylation is 1. The van der Waals surface area contributed by atoms with Gasteiger partial charge in [-0.15, -0.1) is 0 Å². The molecule has 1 N–H and O–H groups in total. The highest BCUT2D eigenvalue weighted by Crippen LogP contribution is 2.19. The van der Waals surface area contributed by atoms with Gasteiger partial charge in [0.2, 0.25) is 5.89 Å². The lowest BCUT2D eigenvalue weighted by Gasteiger charge is -2.14. The molecule has 0 aliphatic carbocycles. The molecule has 0 saturated carbocycles. The van der Waals surface area contributed by atoms with Gasteiger partial charge in [0, 0.05) is 25.7 Å². The lowest BCUT2D eigenvalue weighted by atomic mass is 10.1. The van der Waals surface area contributed by atoms with Crippen LogP contribution in [0.4, 0.5) is 5.82 Å². The molecule has 1 saturated heterocycles. The van der Waals surface area contributed by atoms with Crippen molar-refractivity contribution in [3.05, 3.63) is 35.6 Å². The molecule has 0 bridgehead atoms. The number of nitrogens with one attached hydrogen (secondary N) is 1. The number of likely N-dealkylation sites (tertiary alicyclic amines) is 1. The summed E-state index contributed by atoms with van der Waals surface area (Å²) in [4.78, 5) is 11.1. The van der Waals surface area contributed by atoms with E-state index >= 15 is 0 Å². The summed E-state index contributed by atoms with van der Waals surface area (Å²) in [5.41, 5.74) is 0.587. The summed E-state index contributed by atoms with van der Waals surface area (Å²) in [5.74, 6) is 2.71. The molecule has 7 heteroatoms. The molecule has 2 aromatic heterocycles. The predicted molar refractivity (Wildman–Crippen MR) is 93.7 cm³/mol. The van der Waals surface area contributed by atoms with Crippen LogP contribution in [0, 0.1) is 17.2 Å². The van der Waals surface area contributed by atoms with E-state index in [2.05, 4.69) is 38.3 Å². The first-order valence-corrected chi connectivity index (χ1v) is 8.91. The fourth-order valence-electron chi connectivity index (χ4n) is 3.08. The third kappa shape index (κ3) is 4.77. The Hall–Kier alpha value is -2.46. The molecule has 0 spiro atoms. The molecule has 3 rings (SSSR count). The number of unbranched alkanes of at least 4 members (excludes halogenated alkanes) is 1. The molecule has 1 aliphatic rings. The second-order valence-electron chi connectivity index (χ2n) is 6.49. The van der Waals surface area contributed by atoms with Crippen molar-refractivity contribution in [3.63, 3.8) is 0 Å². The van der Waals surface area contributed by atoms with Crippen LogP contribution in [0.15, 0.2) is 22.9 Å². The Balaban J connectivity index is 1.45. The highest BCUT2D eigenvalue weighted by Gasteiger charge is 2.24. The number of aromatic nitrogens is 3. The molecule has 0 aromatic carbocycles. The van der Waals surface area contributed by atoms with E-state index in [1.165, 1.54) is 0 Å². The highest BCUT2D eigenvalue weighted by molar-refractivity contribution is 5.51. The topological polar surface area (TPSA) is 90.9 Å². The molecule has 1 aliphatic heterocycles. The summed E-state index contributed by atoms with van der Waals surface area (Å²) in [6.07, 6.45) is 5.89. The van der Waals surface area contributed by atoms with Gasteiger partial charge in [-0.3, -0.25) is 4.90 Å². The number of nitriles is 1. The summed E-state index contributed by atoms with van der Waals surface area (Å²) in [6, 6.07) is 5.73. The van der Waals surface area contributed by atoms with Crippen LogP contribution in [0.5, 0.6) is 0 Å². The van der Waals surface area contributed by atoms with Crippen LogP contribution < -0.4 is 5.32 Å². The summed E-state index contributed by atoms with van der Waals surface area (Å²) in [7, 11) is 0. The molecular weight excluding hydrogens is 316 g/mol. The molecule has 2 aromatic rings. The number of rotatable bonds is 8. The van der Waals surface area contributed by atoms with Crippen molar-refractivity contribution in [2.75, 3.05) is 25.0 Å². The maximum atomic E-state index is 9.11. The summed E-state index contributed by atoms with van der Waals surface area (Å²) >= 11 is 0. The Morgan fingerprint density at radius 1 is 1.48 bits per heavy atom. The SMILES string of the molecule is CCCCc1nc(CN2CC[C@H](CNc3ncccc3C#N)C2)no1. The van der Waals surface area contributed by atoms with E-state index in [0.29, 0.717) is 17.3 Å². The Bertz CT molecular complexity index is 722. The van der Waals surface area contributed by atoms with Crippen molar-refractivity contribution in [1.29, 1.82) is 5.26 Å². The van der Waals surface area contributed by atoms with Gasteiger partial charge in [0.1, 0.15) is 11.9 Å². The van der Waals surface area contributed by atoms with Crippen molar-refractivity contribution < 1.29 is 4.52 Å². The first-order valence-electron chi connectivity index (χ1n) is 8.91. The molecule has 132 valence electrons. The Morgan fingerprint density at radius 3 is 3.24 bits per heavy atom. The molecule has 1 fully saturated rings. The fraction of sp³-hybridized carbons (Fsp3) is 0.556. The summed E-state index contributed by atoms with van der Waals surface area (Å²) in [6.45, 7) is 5.72. The summed E-state index contributed by atoms with van der Waals surface area (Å²) < 4.78 is 5.30. The first-order chi connectivity index (χ1) is 12.3. The van der Waals surface area contributed by atoms with Crippen molar-refractivity contribution in [2.24, 2.45) is 5.92 Å². The maximum absolute atomic E-state index is 9.11. The maximum Gasteiger partial charge on any atom is 0.226 e. The Morgan fingerprint density at radius 2 is 2.40 bits per heavy atom. The lowest BCUT2D eigenvalue weighted by molar-refractivity contribution is 0.299. The molecule has 0 radical (unpaired) electrons. The van der Waals surface area contributed by atoms with Gasteiger partial charge < -0.3 is 9.84 Å². The standard InChI is InChI=1S/C18H24N6O/c1-2-3-6-17-22-16(23-25-17)13-24-9-7-14(12-24)11-21-18-15(10-19)5-4-8-20-18/h4-5,8,14H,2-3,6-7,9,11-13H2,1H3,(H,20,21)/t14-/m1/s1. The van der Waals surface area contributed by atoms with Crippen LogP contribution >= 0.6 is 0 Å². The highest BCUT2D eigenvalue weighted by atomic mass is 16.5. The van der Waals surface area contributed by atoms with Gasteiger partial charge in [-0.25, -0.2) is 4.98 Å². The smallest absolute Gasteiger partial charge is 0.226 e. The second kappa shape index (κ2) is 8.58. The van der Waals surface area contributed by atoms with Crippen LogP contribution in [0.3, 0.4) is 0 Å². The Labute approximate surface area is 148 Å². The minimum absolute atomic E-state index is 0.528. The quantitative estimate of drug-likeness (QED) is 0.790. The summed E-state index contributed by atoms with van der Waals surface area (Å²) in [5, 5.41) is 16.5. The van der Waals surface area contributed by atoms with Crippen LogP contribution in [0.25, 0.3) is 0 Å². The van der Waals surface area contributed by atoms with E-state index < -0.39 is 0 Å². The fourth-order valence-corrected chi connectivity index (χ4v) is 3.08. The number of nitrogens with zero attached hydrogens (tertiary/aromatic N) is 5. The van der Waals surface area contributed by atoms with Crippen molar-refractivity contribution >= 4 is 5.82 Å². The third-order valence-corrected chi connectivity index (χ3v) is 4.48. The predicted octanol–water partition coefficient (Wildman–Crippen LogP) is 2.61. The molecule has 3 heterocycles. The molecule has 7 nitrogen and oxygen atoms in total. The van der Waals surface area contributed by atoms with Crippen molar-refractivity contribution in [3.8, 4) is 6.07 Å². The molecule has 0 unspecified atom stereocenters. The van der Waals surface area contributed by atoms with E-state index in [9.17, 15) is 0 Å². The largest absolute Gasteiger partial charge is 0.369 e. The van der Waals surface area contributed by atoms with Gasteiger partial charge in [-0.1, -0.05) is 18.5 Å². The average molecular weight is 340 g/mol. The van der Waals surface area contributed by atoms with Gasteiger partial charge in [0.05, 0.1) is 12.1 Å². The van der Waals surface area contributed by atoms with Crippen LogP contribution in [-0.2, 0) is 13.0 Å². The molecule has 25 heavy (non-hydrogen) atoms. The zero-order chi connectivity index (χ0) is 17.5. The van der Waals surface area contributed by atoms with Gasteiger partial charge >= 0.3 is 0 Å². The van der Waals surface area contributed by atoms with E-state index in [0.717, 1.165) is 63.6 Å². The van der Waals surface area contributed by atoms with Gasteiger partial charge in [0.25, 0.3) is 0 Å². The Kier molecular flexibility index (Phi) is 5.96. The van der Waals surface area contributed by atoms with E-state index in [-0.39, 0.29) is 0 Å². The van der Waals surface area contributed by atoms with Gasteiger partial charge in [0.15, 0.2) is 5.82 Å².